The molecule has 1 amide bonds. The normalized spacial score (nSPS) is 12.0. The molecule has 4 aromatic rings. The van der Waals surface area contributed by atoms with Gasteiger partial charge in [-0.3, -0.25) is 4.79 Å². The second-order valence-corrected chi connectivity index (χ2v) is 8.95. The molecule has 0 unspecified atom stereocenters. The number of carbonyl (C=O) groups is 1. The van der Waals surface area contributed by atoms with E-state index < -0.39 is 0 Å². The van der Waals surface area contributed by atoms with E-state index in [1.165, 1.54) is 11.8 Å². The molecule has 0 saturated carbocycles. The molecular formula is C23H19N3O5S2. The van der Waals surface area contributed by atoms with Crippen molar-refractivity contribution < 1.29 is 23.4 Å². The average Bonchev–Trinajstić information content (AvgIpc) is 3.62. The van der Waals surface area contributed by atoms with Crippen LogP contribution >= 0.6 is 23.1 Å². The molecule has 0 radical (unpaired) electrons. The van der Waals surface area contributed by atoms with Crippen molar-refractivity contribution in [3.63, 3.8) is 0 Å². The highest BCUT2D eigenvalue weighted by Crippen LogP contribution is 2.36. The third-order valence-electron chi connectivity index (χ3n) is 4.92. The third kappa shape index (κ3) is 4.81. The number of amides is 1. The first-order valence-electron chi connectivity index (χ1n) is 10.0. The lowest BCUT2D eigenvalue weighted by molar-refractivity contribution is -0.116. The van der Waals surface area contributed by atoms with E-state index in [0.717, 1.165) is 21.9 Å². The smallest absolute Gasteiger partial charge is 0.277 e. The second kappa shape index (κ2) is 9.55. The Morgan fingerprint density at radius 1 is 1.12 bits per heavy atom. The minimum atomic E-state index is -0.0682. The van der Waals surface area contributed by atoms with Crippen molar-refractivity contribution in [2.45, 2.75) is 11.8 Å². The fourth-order valence-corrected chi connectivity index (χ4v) is 4.59. The van der Waals surface area contributed by atoms with Gasteiger partial charge in [0.25, 0.3) is 5.22 Å². The molecule has 2 aromatic carbocycles. The number of benzene rings is 2. The van der Waals surface area contributed by atoms with E-state index in [1.54, 1.807) is 35.5 Å². The lowest BCUT2D eigenvalue weighted by atomic mass is 10.2. The van der Waals surface area contributed by atoms with E-state index in [4.69, 9.17) is 18.6 Å². The minimum Gasteiger partial charge on any atom is -0.497 e. The third-order valence-corrected chi connectivity index (χ3v) is 6.59. The quantitative estimate of drug-likeness (QED) is 0.330. The van der Waals surface area contributed by atoms with Gasteiger partial charge in [0.05, 0.1) is 19.4 Å². The Kier molecular flexibility index (Phi) is 6.18. The predicted molar refractivity (Wildman–Crippen MR) is 125 cm³/mol. The summed E-state index contributed by atoms with van der Waals surface area (Å²) in [6.07, 6.45) is 0. The number of fused-ring (bicyclic) bond motifs is 1. The van der Waals surface area contributed by atoms with Gasteiger partial charge >= 0.3 is 0 Å². The van der Waals surface area contributed by atoms with Crippen LogP contribution in [-0.2, 0) is 11.3 Å². The van der Waals surface area contributed by atoms with Crippen LogP contribution < -0.4 is 19.1 Å². The Balaban J connectivity index is 1.28. The Morgan fingerprint density at radius 3 is 2.76 bits per heavy atom. The van der Waals surface area contributed by atoms with Crippen LogP contribution in [0.5, 0.6) is 17.2 Å². The van der Waals surface area contributed by atoms with Gasteiger partial charge in [0, 0.05) is 16.1 Å². The molecule has 1 aliphatic heterocycles. The van der Waals surface area contributed by atoms with E-state index in [9.17, 15) is 4.79 Å². The van der Waals surface area contributed by atoms with E-state index >= 15 is 0 Å². The van der Waals surface area contributed by atoms with Crippen LogP contribution in [-0.4, -0.2) is 35.8 Å². The summed E-state index contributed by atoms with van der Waals surface area (Å²) in [6.45, 7) is 0.678. The van der Waals surface area contributed by atoms with Crippen molar-refractivity contribution in [2.75, 3.05) is 24.6 Å². The molecule has 0 saturated heterocycles. The Labute approximate surface area is 198 Å². The molecule has 33 heavy (non-hydrogen) atoms. The van der Waals surface area contributed by atoms with Gasteiger partial charge in [-0.05, 0) is 53.9 Å². The summed E-state index contributed by atoms with van der Waals surface area (Å²) in [7, 11) is 1.61. The van der Waals surface area contributed by atoms with Crippen molar-refractivity contribution in [3.05, 3.63) is 64.9 Å². The van der Waals surface area contributed by atoms with Crippen molar-refractivity contribution in [2.24, 2.45) is 0 Å². The summed E-state index contributed by atoms with van der Waals surface area (Å²) in [4.78, 5) is 16.0. The summed E-state index contributed by atoms with van der Waals surface area (Å²) >= 11 is 2.81. The van der Waals surface area contributed by atoms with Crippen LogP contribution in [0.1, 0.15) is 4.88 Å². The second-order valence-electron chi connectivity index (χ2n) is 6.99. The molecule has 5 rings (SSSR count). The molecule has 10 heteroatoms. The van der Waals surface area contributed by atoms with Crippen molar-refractivity contribution in [1.82, 2.24) is 10.2 Å². The predicted octanol–water partition coefficient (Wildman–Crippen LogP) is 4.86. The molecule has 0 spiro atoms. The zero-order chi connectivity index (χ0) is 22.6. The lowest BCUT2D eigenvalue weighted by Gasteiger charge is -2.22. The molecule has 0 N–H and O–H groups in total. The number of aromatic nitrogens is 2. The minimum absolute atomic E-state index is 0.0682. The highest BCUT2D eigenvalue weighted by Gasteiger charge is 2.20. The summed E-state index contributed by atoms with van der Waals surface area (Å²) in [5.41, 5.74) is 1.52. The summed E-state index contributed by atoms with van der Waals surface area (Å²) < 4.78 is 21.7. The molecule has 8 nitrogen and oxygen atoms in total. The number of rotatable bonds is 8. The number of methoxy groups -OCH3 is 1. The van der Waals surface area contributed by atoms with Crippen LogP contribution in [0.4, 0.5) is 5.69 Å². The van der Waals surface area contributed by atoms with Gasteiger partial charge < -0.3 is 23.5 Å². The zero-order valence-corrected chi connectivity index (χ0v) is 19.2. The lowest BCUT2D eigenvalue weighted by Crippen LogP contribution is -2.31. The van der Waals surface area contributed by atoms with Crippen LogP contribution in [0, 0.1) is 0 Å². The zero-order valence-electron chi connectivity index (χ0n) is 17.6. The van der Waals surface area contributed by atoms with E-state index in [2.05, 4.69) is 10.2 Å². The van der Waals surface area contributed by atoms with Crippen molar-refractivity contribution >= 4 is 34.7 Å². The largest absolute Gasteiger partial charge is 0.497 e. The van der Waals surface area contributed by atoms with Gasteiger partial charge in [-0.1, -0.05) is 17.8 Å². The number of carbonyl (C=O) groups excluding carboxylic acids is 1. The fourth-order valence-electron chi connectivity index (χ4n) is 3.26. The number of nitrogens with zero attached hydrogens (tertiary/aromatic N) is 3. The maximum absolute atomic E-state index is 13.2. The van der Waals surface area contributed by atoms with Crippen LogP contribution in [0.3, 0.4) is 0 Å². The Bertz CT molecular complexity index is 1240. The van der Waals surface area contributed by atoms with Crippen molar-refractivity contribution in [3.8, 4) is 28.7 Å². The highest BCUT2D eigenvalue weighted by molar-refractivity contribution is 7.99. The fraction of sp³-hybridized carbons (Fsp3) is 0.174. The monoisotopic (exact) mass is 481 g/mol. The van der Waals surface area contributed by atoms with E-state index in [0.29, 0.717) is 29.2 Å². The number of hydrogen-bond donors (Lipinski definition) is 0. The number of hydrogen-bond acceptors (Lipinski definition) is 9. The van der Waals surface area contributed by atoms with Gasteiger partial charge in [0.15, 0.2) is 11.5 Å². The molecule has 0 bridgehead atoms. The summed E-state index contributed by atoms with van der Waals surface area (Å²) in [6, 6.07) is 16.8. The number of anilines is 1. The molecule has 0 atom stereocenters. The van der Waals surface area contributed by atoms with Gasteiger partial charge in [0.2, 0.25) is 18.6 Å². The maximum atomic E-state index is 13.2. The molecule has 0 aliphatic carbocycles. The standard InChI is InChI=1S/C23H19N3O5S2/c1-28-17-7-5-16(6-8-17)26(12-18-3-2-10-32-18)21(27)13-33-23-25-24-22(31-23)15-4-9-19-20(11-15)30-14-29-19/h2-11H,12-14H2,1H3. The first-order chi connectivity index (χ1) is 16.2. The number of thiophene rings is 1. The molecule has 2 aromatic heterocycles. The first-order valence-corrected chi connectivity index (χ1v) is 11.9. The number of thioether (sulfide) groups is 1. The Hall–Kier alpha value is -3.50. The van der Waals surface area contributed by atoms with Gasteiger partial charge in [-0.2, -0.15) is 0 Å². The SMILES string of the molecule is COc1ccc(N(Cc2cccs2)C(=O)CSc2nnc(-c3ccc4c(c3)OCO4)o2)cc1. The average molecular weight is 482 g/mol. The summed E-state index contributed by atoms with van der Waals surface area (Å²) in [5, 5.41) is 10.5. The molecule has 1 aliphatic rings. The van der Waals surface area contributed by atoms with Crippen LogP contribution in [0.25, 0.3) is 11.5 Å². The highest BCUT2D eigenvalue weighted by atomic mass is 32.2. The number of ether oxygens (including phenoxy) is 3. The molecule has 3 heterocycles. The van der Waals surface area contributed by atoms with Gasteiger partial charge in [0.1, 0.15) is 5.75 Å². The van der Waals surface area contributed by atoms with Gasteiger partial charge in [-0.25, -0.2) is 0 Å². The maximum Gasteiger partial charge on any atom is 0.277 e. The Morgan fingerprint density at radius 2 is 1.97 bits per heavy atom. The van der Waals surface area contributed by atoms with E-state index in [-0.39, 0.29) is 18.5 Å². The first kappa shape index (κ1) is 21.4. The molecular weight excluding hydrogens is 462 g/mol. The molecule has 168 valence electrons. The topological polar surface area (TPSA) is 86.9 Å². The molecule has 0 fully saturated rings. The van der Waals surface area contributed by atoms with Crippen LogP contribution in [0.15, 0.2) is 69.6 Å². The van der Waals surface area contributed by atoms with Gasteiger partial charge in [-0.15, -0.1) is 21.5 Å². The van der Waals surface area contributed by atoms with Crippen molar-refractivity contribution in [1.29, 1.82) is 0 Å². The summed E-state index contributed by atoms with van der Waals surface area (Å²) in [5.74, 6) is 2.50. The van der Waals surface area contributed by atoms with Crippen LogP contribution in [0.2, 0.25) is 0 Å². The van der Waals surface area contributed by atoms with E-state index in [1.807, 2.05) is 47.8 Å².